The van der Waals surface area contributed by atoms with Gasteiger partial charge in [0.25, 0.3) is 0 Å². The first kappa shape index (κ1) is 18.5. The second kappa shape index (κ2) is 8.15. The Morgan fingerprint density at radius 3 is 2.62 bits per heavy atom. The van der Waals surface area contributed by atoms with Crippen molar-refractivity contribution in [3.63, 3.8) is 0 Å². The maximum atomic E-state index is 12.0. The number of amides is 1. The minimum atomic E-state index is -0.450. The van der Waals surface area contributed by atoms with Gasteiger partial charge in [0.1, 0.15) is 5.60 Å². The molecular formula is C15H25BrN2O2S. The van der Waals surface area contributed by atoms with Gasteiger partial charge < -0.3 is 15.0 Å². The third-order valence-electron chi connectivity index (χ3n) is 2.89. The van der Waals surface area contributed by atoms with Crippen LogP contribution in [0.1, 0.15) is 45.5 Å². The quantitative estimate of drug-likeness (QED) is 0.798. The summed E-state index contributed by atoms with van der Waals surface area (Å²) in [6, 6.07) is 4.44. The molecule has 1 rings (SSSR count). The number of likely N-dealkylation sites (N-methyl/N-ethyl adjacent to an activating group) is 1. The van der Waals surface area contributed by atoms with E-state index in [1.165, 1.54) is 4.88 Å². The summed E-state index contributed by atoms with van der Waals surface area (Å²) in [6.45, 7) is 11.8. The van der Waals surface area contributed by atoms with Gasteiger partial charge in [-0.2, -0.15) is 0 Å². The monoisotopic (exact) mass is 376 g/mol. The molecule has 0 aromatic carbocycles. The summed E-state index contributed by atoms with van der Waals surface area (Å²) in [6.07, 6.45) is -0.252. The van der Waals surface area contributed by atoms with Crippen LogP contribution in [0.3, 0.4) is 0 Å². The molecule has 1 atom stereocenters. The molecule has 120 valence electrons. The van der Waals surface area contributed by atoms with Crippen molar-refractivity contribution in [2.45, 2.75) is 46.3 Å². The molecule has 21 heavy (non-hydrogen) atoms. The highest BCUT2D eigenvalue weighted by atomic mass is 79.9. The minimum Gasteiger partial charge on any atom is -0.444 e. The number of ether oxygens (including phenoxy) is 1. The summed E-state index contributed by atoms with van der Waals surface area (Å²) in [5.41, 5.74) is -0.450. The smallest absolute Gasteiger partial charge is 0.410 e. The van der Waals surface area contributed by atoms with Gasteiger partial charge in [0.2, 0.25) is 0 Å². The van der Waals surface area contributed by atoms with Crippen LogP contribution in [-0.4, -0.2) is 36.2 Å². The van der Waals surface area contributed by atoms with Crippen LogP contribution < -0.4 is 5.32 Å². The van der Waals surface area contributed by atoms with Gasteiger partial charge in [0, 0.05) is 30.6 Å². The van der Waals surface area contributed by atoms with E-state index in [2.05, 4.69) is 40.3 Å². The third kappa shape index (κ3) is 6.80. The van der Waals surface area contributed by atoms with Gasteiger partial charge in [-0.25, -0.2) is 4.79 Å². The fourth-order valence-corrected chi connectivity index (χ4v) is 3.23. The highest BCUT2D eigenvalue weighted by Gasteiger charge is 2.20. The van der Waals surface area contributed by atoms with Crippen LogP contribution in [0.5, 0.6) is 0 Å². The molecule has 0 radical (unpaired) electrons. The van der Waals surface area contributed by atoms with Crippen molar-refractivity contribution in [3.8, 4) is 0 Å². The topological polar surface area (TPSA) is 41.6 Å². The SMILES string of the molecule is CCN(CCNC(C)c1ccc(Br)s1)C(=O)OC(C)(C)C. The number of halogens is 1. The Balaban J connectivity index is 2.40. The van der Waals surface area contributed by atoms with Crippen LogP contribution in [0, 0.1) is 0 Å². The lowest BCUT2D eigenvalue weighted by Gasteiger charge is -2.27. The first-order valence-corrected chi connectivity index (χ1v) is 8.80. The van der Waals surface area contributed by atoms with Crippen molar-refractivity contribution in [1.29, 1.82) is 0 Å². The average molecular weight is 377 g/mol. The second-order valence-electron chi connectivity index (χ2n) is 5.88. The fourth-order valence-electron chi connectivity index (χ4n) is 1.78. The van der Waals surface area contributed by atoms with Gasteiger partial charge in [-0.1, -0.05) is 0 Å². The lowest BCUT2D eigenvalue weighted by molar-refractivity contribution is 0.0261. The van der Waals surface area contributed by atoms with E-state index < -0.39 is 5.60 Å². The number of rotatable bonds is 6. The van der Waals surface area contributed by atoms with Crippen LogP contribution in [0.25, 0.3) is 0 Å². The number of hydrogen-bond acceptors (Lipinski definition) is 4. The number of hydrogen-bond donors (Lipinski definition) is 1. The van der Waals surface area contributed by atoms with E-state index in [1.54, 1.807) is 16.2 Å². The van der Waals surface area contributed by atoms with E-state index in [-0.39, 0.29) is 12.1 Å². The van der Waals surface area contributed by atoms with Crippen molar-refractivity contribution >= 4 is 33.4 Å². The molecular weight excluding hydrogens is 352 g/mol. The van der Waals surface area contributed by atoms with Gasteiger partial charge in [-0.05, 0) is 62.7 Å². The van der Waals surface area contributed by atoms with Gasteiger partial charge in [0.15, 0.2) is 0 Å². The van der Waals surface area contributed by atoms with Crippen molar-refractivity contribution in [2.75, 3.05) is 19.6 Å². The zero-order valence-electron chi connectivity index (χ0n) is 13.4. The molecule has 1 aromatic rings. The standard InChI is InChI=1S/C15H25BrN2O2S/c1-6-18(14(19)20-15(3,4)5)10-9-17-11(2)12-7-8-13(16)21-12/h7-8,11,17H,6,9-10H2,1-5H3. The highest BCUT2D eigenvalue weighted by molar-refractivity contribution is 9.11. The molecule has 0 aliphatic heterocycles. The lowest BCUT2D eigenvalue weighted by Crippen LogP contribution is -2.40. The Morgan fingerprint density at radius 2 is 2.14 bits per heavy atom. The molecule has 0 fully saturated rings. The maximum Gasteiger partial charge on any atom is 0.410 e. The van der Waals surface area contributed by atoms with E-state index in [4.69, 9.17) is 4.74 Å². The predicted octanol–water partition coefficient (Wildman–Crippen LogP) is 4.42. The van der Waals surface area contributed by atoms with Crippen LogP contribution in [0.2, 0.25) is 0 Å². The molecule has 1 aromatic heterocycles. The number of nitrogens with one attached hydrogen (secondary N) is 1. The molecule has 1 N–H and O–H groups in total. The van der Waals surface area contributed by atoms with Gasteiger partial charge in [-0.15, -0.1) is 11.3 Å². The van der Waals surface area contributed by atoms with Crippen LogP contribution >= 0.6 is 27.3 Å². The second-order valence-corrected chi connectivity index (χ2v) is 8.37. The van der Waals surface area contributed by atoms with Crippen molar-refractivity contribution in [2.24, 2.45) is 0 Å². The number of carbonyl (C=O) groups excluding carboxylic acids is 1. The Kier molecular flexibility index (Phi) is 7.16. The molecule has 0 saturated heterocycles. The normalized spacial score (nSPS) is 13.0. The molecule has 0 saturated carbocycles. The van der Waals surface area contributed by atoms with Crippen LogP contribution in [0.15, 0.2) is 15.9 Å². The molecule has 0 aliphatic rings. The zero-order chi connectivity index (χ0) is 16.0. The number of carbonyl (C=O) groups is 1. The first-order valence-electron chi connectivity index (χ1n) is 7.19. The summed E-state index contributed by atoms with van der Waals surface area (Å²) in [7, 11) is 0. The molecule has 0 spiro atoms. The average Bonchev–Trinajstić information content (AvgIpc) is 2.79. The van der Waals surface area contributed by atoms with Crippen molar-refractivity contribution in [1.82, 2.24) is 10.2 Å². The van der Waals surface area contributed by atoms with E-state index in [0.29, 0.717) is 13.1 Å². The summed E-state index contributed by atoms with van der Waals surface area (Å²) in [4.78, 5) is 15.0. The zero-order valence-corrected chi connectivity index (χ0v) is 15.8. The molecule has 4 nitrogen and oxygen atoms in total. The maximum absolute atomic E-state index is 12.0. The Morgan fingerprint density at radius 1 is 1.48 bits per heavy atom. The van der Waals surface area contributed by atoms with Crippen molar-refractivity contribution < 1.29 is 9.53 Å². The summed E-state index contributed by atoms with van der Waals surface area (Å²) in [5, 5.41) is 3.43. The largest absolute Gasteiger partial charge is 0.444 e. The Bertz CT molecular complexity index is 457. The summed E-state index contributed by atoms with van der Waals surface area (Å²) < 4.78 is 6.53. The predicted molar refractivity (Wildman–Crippen MR) is 91.9 cm³/mol. The molecule has 1 amide bonds. The van der Waals surface area contributed by atoms with Gasteiger partial charge >= 0.3 is 6.09 Å². The molecule has 1 unspecified atom stereocenters. The van der Waals surface area contributed by atoms with Gasteiger partial charge in [0.05, 0.1) is 3.79 Å². The van der Waals surface area contributed by atoms with Crippen LogP contribution in [0.4, 0.5) is 4.79 Å². The fraction of sp³-hybridized carbons (Fsp3) is 0.667. The molecule has 6 heteroatoms. The van der Waals surface area contributed by atoms with E-state index >= 15 is 0 Å². The Labute approximate surface area is 140 Å². The van der Waals surface area contributed by atoms with E-state index in [1.807, 2.05) is 27.7 Å². The summed E-state index contributed by atoms with van der Waals surface area (Å²) in [5.74, 6) is 0. The molecule has 0 aliphatic carbocycles. The lowest BCUT2D eigenvalue weighted by atomic mass is 10.2. The van der Waals surface area contributed by atoms with E-state index in [9.17, 15) is 4.79 Å². The number of thiophene rings is 1. The molecule has 1 heterocycles. The Hall–Kier alpha value is -0.590. The third-order valence-corrected chi connectivity index (χ3v) is 4.69. The van der Waals surface area contributed by atoms with E-state index in [0.717, 1.165) is 10.3 Å². The summed E-state index contributed by atoms with van der Waals surface area (Å²) >= 11 is 5.19. The van der Waals surface area contributed by atoms with Crippen LogP contribution in [-0.2, 0) is 4.74 Å². The highest BCUT2D eigenvalue weighted by Crippen LogP contribution is 2.26. The minimum absolute atomic E-state index is 0.252. The van der Waals surface area contributed by atoms with Gasteiger partial charge in [-0.3, -0.25) is 0 Å². The molecule has 0 bridgehead atoms. The first-order chi connectivity index (χ1) is 9.73. The van der Waals surface area contributed by atoms with Crippen molar-refractivity contribution in [3.05, 3.63) is 20.8 Å². The number of nitrogens with zero attached hydrogens (tertiary/aromatic N) is 1.